The van der Waals surface area contributed by atoms with Gasteiger partial charge < -0.3 is 9.42 Å². The van der Waals surface area contributed by atoms with Crippen LogP contribution in [0.3, 0.4) is 0 Å². The molecule has 0 amide bonds. The van der Waals surface area contributed by atoms with Crippen molar-refractivity contribution >= 4 is 11.6 Å². The first kappa shape index (κ1) is 18.2. The van der Waals surface area contributed by atoms with Gasteiger partial charge >= 0.3 is 0 Å². The van der Waals surface area contributed by atoms with Gasteiger partial charge in [0.25, 0.3) is 0 Å². The molecule has 1 saturated heterocycles. The zero-order valence-corrected chi connectivity index (χ0v) is 16.1. The molecule has 1 aliphatic heterocycles. The lowest BCUT2D eigenvalue weighted by atomic mass is 10.1. The monoisotopic (exact) mass is 381 g/mol. The molecule has 0 saturated carbocycles. The smallest absolute Gasteiger partial charge is 0.138 e. The van der Waals surface area contributed by atoms with E-state index in [2.05, 4.69) is 45.3 Å². The van der Waals surface area contributed by atoms with E-state index in [0.29, 0.717) is 0 Å². The fourth-order valence-corrected chi connectivity index (χ4v) is 3.59. The quantitative estimate of drug-likeness (QED) is 0.635. The van der Waals surface area contributed by atoms with Gasteiger partial charge in [-0.2, -0.15) is 0 Å². The minimum atomic E-state index is 0.730. The molecule has 4 nitrogen and oxygen atoms in total. The summed E-state index contributed by atoms with van der Waals surface area (Å²) in [5, 5.41) is 4.92. The Morgan fingerprint density at radius 2 is 1.59 bits per heavy atom. The minimum Gasteiger partial charge on any atom is -0.361 e. The van der Waals surface area contributed by atoms with Gasteiger partial charge in [-0.1, -0.05) is 59.2 Å². The SMILES string of the molecule is Clc1ccc(-c2cc(CCN3CCN(Cc4ccccc4)CC3)on2)cc1. The Labute approximate surface area is 165 Å². The van der Waals surface area contributed by atoms with Crippen molar-refractivity contribution in [3.05, 3.63) is 77.0 Å². The van der Waals surface area contributed by atoms with Crippen LogP contribution >= 0.6 is 11.6 Å². The molecule has 0 N–H and O–H groups in total. The Balaban J connectivity index is 1.24. The highest BCUT2D eigenvalue weighted by molar-refractivity contribution is 6.30. The average molecular weight is 382 g/mol. The van der Waals surface area contributed by atoms with Gasteiger partial charge in [-0.3, -0.25) is 4.90 Å². The average Bonchev–Trinajstić information content (AvgIpc) is 3.18. The Morgan fingerprint density at radius 1 is 0.889 bits per heavy atom. The Hall–Kier alpha value is -2.14. The van der Waals surface area contributed by atoms with Crippen molar-refractivity contribution in [2.45, 2.75) is 13.0 Å². The number of halogens is 1. The highest BCUT2D eigenvalue weighted by Gasteiger charge is 2.17. The van der Waals surface area contributed by atoms with Crippen molar-refractivity contribution in [3.8, 4) is 11.3 Å². The topological polar surface area (TPSA) is 32.5 Å². The summed E-state index contributed by atoms with van der Waals surface area (Å²) in [5.41, 5.74) is 3.29. The van der Waals surface area contributed by atoms with Crippen LogP contribution in [0, 0.1) is 0 Å². The third-order valence-electron chi connectivity index (χ3n) is 5.09. The van der Waals surface area contributed by atoms with Crippen molar-refractivity contribution in [2.24, 2.45) is 0 Å². The summed E-state index contributed by atoms with van der Waals surface area (Å²) in [6.45, 7) is 6.48. The summed E-state index contributed by atoms with van der Waals surface area (Å²) in [5.74, 6) is 0.937. The predicted molar refractivity (Wildman–Crippen MR) is 109 cm³/mol. The predicted octanol–water partition coefficient (Wildman–Crippen LogP) is 4.36. The molecular weight excluding hydrogens is 358 g/mol. The first-order chi connectivity index (χ1) is 13.3. The van der Waals surface area contributed by atoms with Gasteiger partial charge in [0.05, 0.1) is 0 Å². The second kappa shape index (κ2) is 8.70. The molecule has 1 aliphatic rings. The van der Waals surface area contributed by atoms with Gasteiger partial charge in [0.15, 0.2) is 0 Å². The second-order valence-electron chi connectivity index (χ2n) is 7.04. The van der Waals surface area contributed by atoms with Crippen LogP contribution in [0.4, 0.5) is 0 Å². The van der Waals surface area contributed by atoms with Crippen LogP contribution in [-0.4, -0.2) is 47.7 Å². The fourth-order valence-electron chi connectivity index (χ4n) is 3.47. The first-order valence-electron chi connectivity index (χ1n) is 9.46. The molecule has 0 unspecified atom stereocenters. The molecule has 0 atom stereocenters. The number of hydrogen-bond acceptors (Lipinski definition) is 4. The maximum Gasteiger partial charge on any atom is 0.138 e. The molecule has 0 aliphatic carbocycles. The van der Waals surface area contributed by atoms with Crippen molar-refractivity contribution in [2.75, 3.05) is 32.7 Å². The van der Waals surface area contributed by atoms with E-state index in [0.717, 1.165) is 67.7 Å². The van der Waals surface area contributed by atoms with E-state index >= 15 is 0 Å². The van der Waals surface area contributed by atoms with Crippen LogP contribution in [0.15, 0.2) is 65.2 Å². The maximum atomic E-state index is 5.94. The number of rotatable bonds is 6. The number of piperazine rings is 1. The van der Waals surface area contributed by atoms with Crippen LogP contribution in [0.1, 0.15) is 11.3 Å². The largest absolute Gasteiger partial charge is 0.361 e. The minimum absolute atomic E-state index is 0.730. The van der Waals surface area contributed by atoms with Gasteiger partial charge in [-0.25, -0.2) is 0 Å². The third-order valence-corrected chi connectivity index (χ3v) is 5.34. The van der Waals surface area contributed by atoms with E-state index in [1.807, 2.05) is 30.3 Å². The summed E-state index contributed by atoms with van der Waals surface area (Å²) >= 11 is 5.94. The summed E-state index contributed by atoms with van der Waals surface area (Å²) < 4.78 is 5.52. The summed E-state index contributed by atoms with van der Waals surface area (Å²) in [6.07, 6.45) is 0.888. The Kier molecular flexibility index (Phi) is 5.87. The molecule has 5 heteroatoms. The van der Waals surface area contributed by atoms with Crippen LogP contribution in [0.25, 0.3) is 11.3 Å². The van der Waals surface area contributed by atoms with E-state index in [9.17, 15) is 0 Å². The summed E-state index contributed by atoms with van der Waals surface area (Å²) in [4.78, 5) is 5.03. The number of benzene rings is 2. The maximum absolute atomic E-state index is 5.94. The van der Waals surface area contributed by atoms with Crippen LogP contribution in [0.2, 0.25) is 5.02 Å². The second-order valence-corrected chi connectivity index (χ2v) is 7.48. The van der Waals surface area contributed by atoms with Gasteiger partial charge in [0, 0.05) is 62.3 Å². The van der Waals surface area contributed by atoms with Crippen LogP contribution in [-0.2, 0) is 13.0 Å². The molecule has 2 heterocycles. The molecule has 0 bridgehead atoms. The van der Waals surface area contributed by atoms with Gasteiger partial charge in [-0.15, -0.1) is 0 Å². The van der Waals surface area contributed by atoms with E-state index in [1.54, 1.807) is 0 Å². The summed E-state index contributed by atoms with van der Waals surface area (Å²) in [7, 11) is 0. The van der Waals surface area contributed by atoms with E-state index in [4.69, 9.17) is 16.1 Å². The van der Waals surface area contributed by atoms with Crippen molar-refractivity contribution in [1.82, 2.24) is 15.0 Å². The zero-order chi connectivity index (χ0) is 18.5. The molecule has 2 aromatic carbocycles. The molecule has 1 aromatic heterocycles. The number of hydrogen-bond donors (Lipinski definition) is 0. The first-order valence-corrected chi connectivity index (χ1v) is 9.84. The van der Waals surface area contributed by atoms with Gasteiger partial charge in [0.2, 0.25) is 0 Å². The Morgan fingerprint density at radius 3 is 2.33 bits per heavy atom. The Bertz CT molecular complexity index is 840. The molecule has 0 spiro atoms. The van der Waals surface area contributed by atoms with Crippen molar-refractivity contribution in [1.29, 1.82) is 0 Å². The molecule has 27 heavy (non-hydrogen) atoms. The standard InChI is InChI=1S/C22H24ClN3O/c23-20-8-6-19(7-9-20)22-16-21(27-24-22)10-11-25-12-14-26(15-13-25)17-18-4-2-1-3-5-18/h1-9,16H,10-15,17H2. The highest BCUT2D eigenvalue weighted by Crippen LogP contribution is 2.21. The fraction of sp³-hybridized carbons (Fsp3) is 0.318. The van der Waals surface area contributed by atoms with Crippen molar-refractivity contribution in [3.63, 3.8) is 0 Å². The normalized spacial score (nSPS) is 15.9. The molecule has 140 valence electrons. The summed E-state index contributed by atoms with van der Waals surface area (Å²) in [6, 6.07) is 20.4. The zero-order valence-electron chi connectivity index (χ0n) is 15.4. The van der Waals surface area contributed by atoms with E-state index in [1.165, 1.54) is 5.56 Å². The molecular formula is C22H24ClN3O. The number of nitrogens with zero attached hydrogens (tertiary/aromatic N) is 3. The van der Waals surface area contributed by atoms with Crippen molar-refractivity contribution < 1.29 is 4.52 Å². The lowest BCUT2D eigenvalue weighted by Gasteiger charge is -2.34. The molecule has 4 rings (SSSR count). The molecule has 3 aromatic rings. The number of aromatic nitrogens is 1. The van der Waals surface area contributed by atoms with Crippen LogP contribution < -0.4 is 0 Å². The van der Waals surface area contributed by atoms with Crippen LogP contribution in [0.5, 0.6) is 0 Å². The van der Waals surface area contributed by atoms with Gasteiger partial charge in [-0.05, 0) is 17.7 Å². The van der Waals surface area contributed by atoms with Gasteiger partial charge in [0.1, 0.15) is 11.5 Å². The lowest BCUT2D eigenvalue weighted by molar-refractivity contribution is 0.126. The molecule has 1 fully saturated rings. The molecule has 0 radical (unpaired) electrons. The lowest BCUT2D eigenvalue weighted by Crippen LogP contribution is -2.46. The van der Waals surface area contributed by atoms with E-state index < -0.39 is 0 Å². The third kappa shape index (κ3) is 4.98. The highest BCUT2D eigenvalue weighted by atomic mass is 35.5. The van der Waals surface area contributed by atoms with E-state index in [-0.39, 0.29) is 0 Å².